The number of hydrazine groups is 1. The van der Waals surface area contributed by atoms with Gasteiger partial charge in [0.1, 0.15) is 0 Å². The van der Waals surface area contributed by atoms with Crippen LogP contribution in [0.25, 0.3) is 0 Å². The van der Waals surface area contributed by atoms with Crippen LogP contribution in [-0.2, 0) is 9.53 Å². The van der Waals surface area contributed by atoms with Gasteiger partial charge in [-0.05, 0) is 39.4 Å². The number of carbonyl (C=O) groups excluding carboxylic acids is 1. The summed E-state index contributed by atoms with van der Waals surface area (Å²) in [6, 6.07) is -0.0425. The third-order valence-corrected chi connectivity index (χ3v) is 6.62. The summed E-state index contributed by atoms with van der Waals surface area (Å²) in [6.45, 7) is 5.01. The van der Waals surface area contributed by atoms with Crippen molar-refractivity contribution in [3.8, 4) is 0 Å². The molecule has 9 nitrogen and oxygen atoms in total. The number of nitrogens with zero attached hydrogens (tertiary/aromatic N) is 2. The van der Waals surface area contributed by atoms with Gasteiger partial charge >= 0.3 is 0 Å². The molecular weight excluding hydrogens is 382 g/mol. The number of fused-ring (bicyclic) bond motifs is 1. The van der Waals surface area contributed by atoms with E-state index in [4.69, 9.17) is 22.1 Å². The van der Waals surface area contributed by atoms with E-state index in [1.165, 1.54) is 0 Å². The summed E-state index contributed by atoms with van der Waals surface area (Å²) in [4.78, 5) is 15.3. The Balaban J connectivity index is 1.39. The lowest BCUT2D eigenvalue weighted by molar-refractivity contribution is -0.132. The van der Waals surface area contributed by atoms with Crippen molar-refractivity contribution in [2.75, 3.05) is 46.3 Å². The number of amides is 1. The van der Waals surface area contributed by atoms with E-state index in [0.29, 0.717) is 6.54 Å². The van der Waals surface area contributed by atoms with Gasteiger partial charge in [0.15, 0.2) is 0 Å². The molecule has 7 atom stereocenters. The number of nitrogens with two attached hydrogens (primary N) is 1. The van der Waals surface area contributed by atoms with Crippen molar-refractivity contribution in [2.24, 2.45) is 11.7 Å². The molecule has 0 aromatic heterocycles. The summed E-state index contributed by atoms with van der Waals surface area (Å²) >= 11 is 6.33. The van der Waals surface area contributed by atoms with Gasteiger partial charge in [0.05, 0.1) is 41.9 Å². The first-order chi connectivity index (χ1) is 13.5. The predicted octanol–water partition coefficient (Wildman–Crippen LogP) is -1.80. The van der Waals surface area contributed by atoms with Gasteiger partial charge in [0.25, 0.3) is 0 Å². The van der Waals surface area contributed by atoms with Gasteiger partial charge in [-0.3, -0.25) is 9.69 Å². The van der Waals surface area contributed by atoms with E-state index in [1.54, 1.807) is 0 Å². The molecule has 160 valence electrons. The Bertz CT molecular complexity index is 550. The van der Waals surface area contributed by atoms with Gasteiger partial charge in [0.2, 0.25) is 5.91 Å². The molecule has 6 unspecified atom stereocenters. The van der Waals surface area contributed by atoms with Crippen LogP contribution in [0.2, 0.25) is 0 Å². The number of hydrogen-bond donors (Lipinski definition) is 5. The standard InChI is InChI=1S/C18H34ClN7O2/c1-25-9-11(19)10-26-18(25)15(16(20)24-26)17(27)23-13-8-22-6-4-14(13)28-12-3-2-5-21-7-12/h11-16,18,21-22,24H,2-10,20H2,1H3,(H,23,27)/t11?,12-,13?,14?,15?,16?,18?/m1/s1. The molecule has 4 fully saturated rings. The van der Waals surface area contributed by atoms with Crippen LogP contribution >= 0.6 is 11.6 Å². The fourth-order valence-corrected chi connectivity index (χ4v) is 5.36. The minimum atomic E-state index is -0.423. The van der Waals surface area contributed by atoms with Crippen molar-refractivity contribution >= 4 is 17.5 Å². The summed E-state index contributed by atoms with van der Waals surface area (Å²) in [6.07, 6.45) is 2.88. The highest BCUT2D eigenvalue weighted by molar-refractivity contribution is 6.21. The van der Waals surface area contributed by atoms with Crippen LogP contribution in [0.5, 0.6) is 0 Å². The molecule has 0 aromatic carbocycles. The first-order valence-electron chi connectivity index (χ1n) is 10.5. The molecule has 4 aliphatic heterocycles. The van der Waals surface area contributed by atoms with Gasteiger partial charge in [-0.2, -0.15) is 0 Å². The van der Waals surface area contributed by atoms with Crippen molar-refractivity contribution in [1.29, 1.82) is 0 Å². The van der Waals surface area contributed by atoms with E-state index in [9.17, 15) is 4.79 Å². The van der Waals surface area contributed by atoms with E-state index in [-0.39, 0.29) is 41.6 Å². The SMILES string of the molecule is CN1CC(Cl)CN2NC(N)C(C(=O)NC3CNCCC3O[C@@H]3CCCNC3)C12. The molecule has 0 spiro atoms. The smallest absolute Gasteiger partial charge is 0.229 e. The highest BCUT2D eigenvalue weighted by atomic mass is 35.5. The fraction of sp³-hybridized carbons (Fsp3) is 0.944. The van der Waals surface area contributed by atoms with Gasteiger partial charge in [-0.1, -0.05) is 0 Å². The predicted molar refractivity (Wildman–Crippen MR) is 108 cm³/mol. The average Bonchev–Trinajstić information content (AvgIpc) is 3.00. The molecule has 6 N–H and O–H groups in total. The number of piperidine rings is 2. The van der Waals surface area contributed by atoms with E-state index < -0.39 is 6.17 Å². The zero-order valence-electron chi connectivity index (χ0n) is 16.6. The molecular formula is C18H34ClN7O2. The summed E-state index contributed by atoms with van der Waals surface area (Å²) < 4.78 is 6.37. The van der Waals surface area contributed by atoms with Crippen LogP contribution in [-0.4, -0.2) is 98.1 Å². The molecule has 0 aliphatic carbocycles. The van der Waals surface area contributed by atoms with Crippen LogP contribution < -0.4 is 27.1 Å². The van der Waals surface area contributed by atoms with Crippen molar-refractivity contribution in [3.63, 3.8) is 0 Å². The fourth-order valence-electron chi connectivity index (χ4n) is 4.99. The zero-order chi connectivity index (χ0) is 19.7. The van der Waals surface area contributed by atoms with Crippen LogP contribution in [0.4, 0.5) is 0 Å². The Morgan fingerprint density at radius 2 is 2.04 bits per heavy atom. The number of hydrogen-bond acceptors (Lipinski definition) is 8. The lowest BCUT2D eigenvalue weighted by Crippen LogP contribution is -2.61. The normalized spacial score (nSPS) is 42.9. The maximum atomic E-state index is 13.2. The Morgan fingerprint density at radius 1 is 1.21 bits per heavy atom. The first kappa shape index (κ1) is 20.7. The van der Waals surface area contributed by atoms with Crippen molar-refractivity contribution in [2.45, 2.75) is 55.2 Å². The molecule has 0 radical (unpaired) electrons. The molecule has 10 heteroatoms. The third kappa shape index (κ3) is 4.46. The molecule has 4 heterocycles. The Labute approximate surface area is 172 Å². The number of halogens is 1. The van der Waals surface area contributed by atoms with Crippen LogP contribution in [0.1, 0.15) is 19.3 Å². The summed E-state index contributed by atoms with van der Waals surface area (Å²) in [7, 11) is 2.00. The van der Waals surface area contributed by atoms with E-state index in [0.717, 1.165) is 52.0 Å². The molecule has 0 bridgehead atoms. The Morgan fingerprint density at radius 3 is 2.82 bits per heavy atom. The minimum Gasteiger partial charge on any atom is -0.371 e. The number of rotatable bonds is 4. The molecule has 4 saturated heterocycles. The summed E-state index contributed by atoms with van der Waals surface area (Å²) in [5, 5.41) is 12.1. The van der Waals surface area contributed by atoms with E-state index >= 15 is 0 Å². The van der Waals surface area contributed by atoms with Crippen molar-refractivity contribution in [3.05, 3.63) is 0 Å². The second kappa shape index (κ2) is 9.09. The van der Waals surface area contributed by atoms with Crippen LogP contribution in [0.3, 0.4) is 0 Å². The van der Waals surface area contributed by atoms with E-state index in [2.05, 4.69) is 26.3 Å². The maximum absolute atomic E-state index is 13.2. The van der Waals surface area contributed by atoms with Gasteiger partial charge < -0.3 is 26.4 Å². The second-order valence-electron chi connectivity index (χ2n) is 8.53. The van der Waals surface area contributed by atoms with Crippen molar-refractivity contribution < 1.29 is 9.53 Å². The van der Waals surface area contributed by atoms with E-state index in [1.807, 2.05) is 12.1 Å². The van der Waals surface area contributed by atoms with Gasteiger partial charge in [0, 0.05) is 26.2 Å². The lowest BCUT2D eigenvalue weighted by Gasteiger charge is -2.41. The van der Waals surface area contributed by atoms with Crippen LogP contribution in [0, 0.1) is 5.92 Å². The third-order valence-electron chi connectivity index (χ3n) is 6.34. The molecule has 4 aliphatic rings. The molecule has 0 aromatic rings. The second-order valence-corrected chi connectivity index (χ2v) is 9.15. The first-order valence-corrected chi connectivity index (χ1v) is 11.0. The molecule has 0 saturated carbocycles. The quantitative estimate of drug-likeness (QED) is 0.342. The minimum absolute atomic E-state index is 0.0172. The topological polar surface area (TPSA) is 107 Å². The average molecular weight is 416 g/mol. The number of nitrogens with one attached hydrogen (secondary N) is 4. The summed E-state index contributed by atoms with van der Waals surface area (Å²) in [5.41, 5.74) is 9.53. The maximum Gasteiger partial charge on any atom is 0.229 e. The Kier molecular flexibility index (Phi) is 6.74. The summed E-state index contributed by atoms with van der Waals surface area (Å²) in [5.74, 6) is -0.371. The van der Waals surface area contributed by atoms with Crippen LogP contribution in [0.15, 0.2) is 0 Å². The highest BCUT2D eigenvalue weighted by Gasteiger charge is 2.49. The largest absolute Gasteiger partial charge is 0.371 e. The Hall–Kier alpha value is -0.520. The van der Waals surface area contributed by atoms with Gasteiger partial charge in [-0.25, -0.2) is 10.4 Å². The lowest BCUT2D eigenvalue weighted by atomic mass is 9.97. The monoisotopic (exact) mass is 415 g/mol. The molecule has 4 rings (SSSR count). The van der Waals surface area contributed by atoms with Gasteiger partial charge in [-0.15, -0.1) is 11.6 Å². The van der Waals surface area contributed by atoms with Crippen molar-refractivity contribution in [1.82, 2.24) is 31.3 Å². The number of ether oxygens (including phenoxy) is 1. The molecule has 1 amide bonds. The number of carbonyl (C=O) groups is 1. The highest BCUT2D eigenvalue weighted by Crippen LogP contribution is 2.28. The molecule has 28 heavy (non-hydrogen) atoms. The zero-order valence-corrected chi connectivity index (χ0v) is 17.3. The number of alkyl halides is 1.